The van der Waals surface area contributed by atoms with Gasteiger partial charge in [-0.3, -0.25) is 4.79 Å². The first-order valence-electron chi connectivity index (χ1n) is 5.58. The zero-order valence-electron chi connectivity index (χ0n) is 10.5. The van der Waals surface area contributed by atoms with Crippen LogP contribution in [0.4, 0.5) is 0 Å². The van der Waals surface area contributed by atoms with Gasteiger partial charge in [0.25, 0.3) is 0 Å². The molecule has 3 heteroatoms. The van der Waals surface area contributed by atoms with Gasteiger partial charge in [0.1, 0.15) is 5.78 Å². The van der Waals surface area contributed by atoms with E-state index in [0.29, 0.717) is 6.42 Å². The molecule has 0 atom stereocenters. The largest absolute Gasteiger partial charge is 0.325 e. The van der Waals surface area contributed by atoms with Crippen molar-refractivity contribution in [1.82, 2.24) is 0 Å². The molecule has 2 nitrogen and oxygen atoms in total. The van der Waals surface area contributed by atoms with Crippen molar-refractivity contribution < 1.29 is 4.79 Å². The zero-order valence-corrected chi connectivity index (χ0v) is 11.4. The average molecular weight is 239 g/mol. The fourth-order valence-corrected chi connectivity index (χ4v) is 2.07. The molecule has 1 rings (SSSR count). The van der Waals surface area contributed by atoms with Crippen LogP contribution >= 0.6 is 11.3 Å². The summed E-state index contributed by atoms with van der Waals surface area (Å²) >= 11 is 1.67. The molecule has 1 aromatic rings. The van der Waals surface area contributed by atoms with Crippen molar-refractivity contribution in [2.75, 3.05) is 0 Å². The Balaban J connectivity index is 2.59. The van der Waals surface area contributed by atoms with E-state index in [2.05, 4.69) is 11.4 Å². The molecule has 0 saturated carbocycles. The van der Waals surface area contributed by atoms with E-state index in [0.717, 1.165) is 6.42 Å². The molecule has 0 aromatic carbocycles. The first-order chi connectivity index (χ1) is 7.25. The van der Waals surface area contributed by atoms with Crippen molar-refractivity contribution in [3.63, 3.8) is 0 Å². The molecule has 16 heavy (non-hydrogen) atoms. The van der Waals surface area contributed by atoms with E-state index in [1.807, 2.05) is 33.1 Å². The number of carbonyl (C=O) groups is 1. The van der Waals surface area contributed by atoms with Crippen molar-refractivity contribution in [3.05, 3.63) is 22.4 Å². The Bertz CT molecular complexity index is 347. The molecule has 1 heterocycles. The molecule has 0 spiro atoms. The lowest BCUT2D eigenvalue weighted by atomic mass is 9.71. The van der Waals surface area contributed by atoms with E-state index < -0.39 is 11.0 Å². The Hall–Kier alpha value is -0.670. The van der Waals surface area contributed by atoms with Gasteiger partial charge in [0.2, 0.25) is 0 Å². The molecule has 0 aliphatic rings. The predicted octanol–water partition coefficient (Wildman–Crippen LogP) is 3.01. The Morgan fingerprint density at radius 1 is 1.38 bits per heavy atom. The van der Waals surface area contributed by atoms with Crippen LogP contribution in [0.25, 0.3) is 0 Å². The summed E-state index contributed by atoms with van der Waals surface area (Å²) in [7, 11) is 0. The zero-order chi connectivity index (χ0) is 12.4. The summed E-state index contributed by atoms with van der Waals surface area (Å²) in [6.07, 6.45) is 1.40. The first-order valence-corrected chi connectivity index (χ1v) is 6.52. The van der Waals surface area contributed by atoms with Gasteiger partial charge in [0.15, 0.2) is 0 Å². The molecular weight excluding hydrogens is 218 g/mol. The normalized spacial score (nSPS) is 12.8. The van der Waals surface area contributed by atoms with E-state index in [9.17, 15) is 4.79 Å². The van der Waals surface area contributed by atoms with Gasteiger partial charge in [0, 0.05) is 17.4 Å². The molecule has 1 aromatic heterocycles. The van der Waals surface area contributed by atoms with Crippen LogP contribution in [-0.4, -0.2) is 11.3 Å². The third-order valence-electron chi connectivity index (χ3n) is 3.53. The summed E-state index contributed by atoms with van der Waals surface area (Å²) in [6, 6.07) is 2.07. The molecule has 0 bridgehead atoms. The van der Waals surface area contributed by atoms with E-state index >= 15 is 0 Å². The second kappa shape index (κ2) is 4.68. The highest BCUT2D eigenvalue weighted by molar-refractivity contribution is 7.07. The average Bonchev–Trinajstić information content (AvgIpc) is 2.64. The number of thiophene rings is 1. The van der Waals surface area contributed by atoms with Crippen LogP contribution in [0.3, 0.4) is 0 Å². The molecular formula is C13H21NOS. The Kier molecular flexibility index (Phi) is 3.92. The third-order valence-corrected chi connectivity index (χ3v) is 4.26. The molecule has 2 N–H and O–H groups in total. The highest BCUT2D eigenvalue weighted by Crippen LogP contribution is 2.31. The standard InChI is InChI=1S/C13H21NOS/c1-12(2,13(3,4)14)11(15)6-5-10-7-8-16-9-10/h7-9H,5-6,14H2,1-4H3. The van der Waals surface area contributed by atoms with Gasteiger partial charge < -0.3 is 5.73 Å². The minimum absolute atomic E-state index is 0.242. The minimum atomic E-state index is -0.473. The van der Waals surface area contributed by atoms with Crippen molar-refractivity contribution in [2.24, 2.45) is 11.1 Å². The van der Waals surface area contributed by atoms with Crippen LogP contribution in [0.2, 0.25) is 0 Å². The van der Waals surface area contributed by atoms with Crippen molar-refractivity contribution in [1.29, 1.82) is 0 Å². The van der Waals surface area contributed by atoms with Gasteiger partial charge in [-0.05, 0) is 42.7 Å². The lowest BCUT2D eigenvalue weighted by Crippen LogP contribution is -2.51. The van der Waals surface area contributed by atoms with E-state index in [1.165, 1.54) is 5.56 Å². The lowest BCUT2D eigenvalue weighted by Gasteiger charge is -2.37. The summed E-state index contributed by atoms with van der Waals surface area (Å²) in [5.41, 5.74) is 6.34. The SMILES string of the molecule is CC(C)(N)C(C)(C)C(=O)CCc1ccsc1. The number of hydrogen-bond donors (Lipinski definition) is 1. The van der Waals surface area contributed by atoms with Gasteiger partial charge >= 0.3 is 0 Å². The molecule has 0 radical (unpaired) electrons. The molecule has 0 fully saturated rings. The summed E-state index contributed by atoms with van der Waals surface area (Å²) in [5.74, 6) is 0.242. The van der Waals surface area contributed by atoms with Crippen LogP contribution in [0.1, 0.15) is 39.7 Å². The molecule has 90 valence electrons. The number of carbonyl (C=O) groups excluding carboxylic acids is 1. The maximum atomic E-state index is 12.1. The maximum absolute atomic E-state index is 12.1. The fraction of sp³-hybridized carbons (Fsp3) is 0.615. The summed E-state index contributed by atoms with van der Waals surface area (Å²) in [4.78, 5) is 12.1. The van der Waals surface area contributed by atoms with Gasteiger partial charge in [-0.15, -0.1) is 0 Å². The van der Waals surface area contributed by atoms with Crippen LogP contribution in [-0.2, 0) is 11.2 Å². The number of aryl methyl sites for hydroxylation is 1. The quantitative estimate of drug-likeness (QED) is 0.858. The van der Waals surface area contributed by atoms with Gasteiger partial charge in [-0.1, -0.05) is 13.8 Å². The Morgan fingerprint density at radius 3 is 2.44 bits per heavy atom. The number of nitrogens with two attached hydrogens (primary N) is 1. The summed E-state index contributed by atoms with van der Waals surface area (Å²) in [5, 5.41) is 4.13. The van der Waals surface area contributed by atoms with Crippen LogP contribution < -0.4 is 5.73 Å². The number of ketones is 1. The third kappa shape index (κ3) is 2.92. The van der Waals surface area contributed by atoms with Crippen molar-refractivity contribution in [2.45, 2.75) is 46.1 Å². The van der Waals surface area contributed by atoms with Gasteiger partial charge in [-0.2, -0.15) is 11.3 Å². The fourth-order valence-electron chi connectivity index (χ4n) is 1.36. The lowest BCUT2D eigenvalue weighted by molar-refractivity contribution is -0.129. The van der Waals surface area contributed by atoms with Crippen LogP contribution in [0.5, 0.6) is 0 Å². The van der Waals surface area contributed by atoms with Crippen molar-refractivity contribution >= 4 is 17.1 Å². The minimum Gasteiger partial charge on any atom is -0.325 e. The Labute approximate surface area is 102 Å². The van der Waals surface area contributed by atoms with Gasteiger partial charge in [-0.25, -0.2) is 0 Å². The van der Waals surface area contributed by atoms with E-state index in [-0.39, 0.29) is 5.78 Å². The molecule has 0 aliphatic carbocycles. The maximum Gasteiger partial charge on any atom is 0.140 e. The number of rotatable bonds is 5. The van der Waals surface area contributed by atoms with Gasteiger partial charge in [0.05, 0.1) is 0 Å². The molecule has 0 unspecified atom stereocenters. The number of hydrogen-bond acceptors (Lipinski definition) is 3. The highest BCUT2D eigenvalue weighted by Gasteiger charge is 2.39. The van der Waals surface area contributed by atoms with Crippen molar-refractivity contribution in [3.8, 4) is 0 Å². The first kappa shape index (κ1) is 13.4. The van der Waals surface area contributed by atoms with Crippen LogP contribution in [0, 0.1) is 5.41 Å². The summed E-state index contributed by atoms with van der Waals surface area (Å²) < 4.78 is 0. The smallest absolute Gasteiger partial charge is 0.140 e. The molecule has 0 amide bonds. The predicted molar refractivity (Wildman–Crippen MR) is 69.7 cm³/mol. The monoisotopic (exact) mass is 239 g/mol. The Morgan fingerprint density at radius 2 is 2.00 bits per heavy atom. The summed E-state index contributed by atoms with van der Waals surface area (Å²) in [6.45, 7) is 7.69. The number of Topliss-reactive ketones (excluding diaryl/α,β-unsaturated/α-hetero) is 1. The van der Waals surface area contributed by atoms with E-state index in [1.54, 1.807) is 11.3 Å². The van der Waals surface area contributed by atoms with E-state index in [4.69, 9.17) is 5.73 Å². The second-order valence-corrected chi connectivity index (χ2v) is 6.18. The van der Waals surface area contributed by atoms with Crippen LogP contribution in [0.15, 0.2) is 16.8 Å². The second-order valence-electron chi connectivity index (χ2n) is 5.40. The molecule has 0 saturated heterocycles. The topological polar surface area (TPSA) is 43.1 Å². The molecule has 0 aliphatic heterocycles. The highest BCUT2D eigenvalue weighted by atomic mass is 32.1.